The van der Waals surface area contributed by atoms with Crippen LogP contribution >= 0.6 is 0 Å². The number of rotatable bonds is 4. The lowest BCUT2D eigenvalue weighted by molar-refractivity contribution is 0.104. The van der Waals surface area contributed by atoms with Crippen molar-refractivity contribution in [2.45, 2.75) is 0 Å². The number of Topliss-reactive ketones (excluding diaryl/α,β-unsaturated/α-hetero) is 1. The molecular formula is C23H16N2O2. The third-order valence-electron chi connectivity index (χ3n) is 4.29. The van der Waals surface area contributed by atoms with E-state index in [0.717, 1.165) is 5.56 Å². The Balaban J connectivity index is 1.64. The van der Waals surface area contributed by atoms with E-state index in [1.165, 1.54) is 6.21 Å². The van der Waals surface area contributed by atoms with Crippen LogP contribution in [0.3, 0.4) is 0 Å². The highest BCUT2D eigenvalue weighted by atomic mass is 16.3. The lowest BCUT2D eigenvalue weighted by Gasteiger charge is -2.00. The van der Waals surface area contributed by atoms with E-state index < -0.39 is 0 Å². The number of para-hydroxylation sites is 2. The fraction of sp³-hybridized carbons (Fsp3) is 0. The molecule has 4 nitrogen and oxygen atoms in total. The van der Waals surface area contributed by atoms with E-state index in [1.807, 2.05) is 54.6 Å². The molecule has 0 fully saturated rings. The van der Waals surface area contributed by atoms with Gasteiger partial charge in [-0.1, -0.05) is 66.7 Å². The molecule has 1 N–H and O–H groups in total. The minimum atomic E-state index is -0.225. The van der Waals surface area contributed by atoms with Crippen molar-refractivity contribution >= 4 is 35.3 Å². The van der Waals surface area contributed by atoms with Crippen molar-refractivity contribution in [2.24, 2.45) is 9.98 Å². The highest BCUT2D eigenvalue weighted by molar-refractivity contribution is 6.30. The van der Waals surface area contributed by atoms with Crippen LogP contribution in [0.15, 0.2) is 94.4 Å². The van der Waals surface area contributed by atoms with Crippen LogP contribution in [0.5, 0.6) is 0 Å². The van der Waals surface area contributed by atoms with Gasteiger partial charge in [-0.25, -0.2) is 0 Å². The van der Waals surface area contributed by atoms with Crippen molar-refractivity contribution in [3.05, 3.63) is 101 Å². The summed E-state index contributed by atoms with van der Waals surface area (Å²) in [5.41, 5.74) is 3.51. The van der Waals surface area contributed by atoms with Crippen LogP contribution in [0.2, 0.25) is 0 Å². The molecule has 0 unspecified atom stereocenters. The number of fused-ring (bicyclic) bond motifs is 1. The molecule has 1 aliphatic carbocycles. The normalized spacial score (nSPS) is 13.7. The largest absolute Gasteiger partial charge is 0.506 e. The Kier molecular flexibility index (Phi) is 4.45. The van der Waals surface area contributed by atoms with Crippen molar-refractivity contribution in [1.29, 1.82) is 0 Å². The molecule has 1 aliphatic rings. The Morgan fingerprint density at radius 3 is 1.89 bits per heavy atom. The number of carbonyl (C=O) groups is 1. The second kappa shape index (κ2) is 7.22. The number of hydrogen-bond acceptors (Lipinski definition) is 4. The number of ketones is 1. The van der Waals surface area contributed by atoms with Crippen LogP contribution in [0.25, 0.3) is 5.76 Å². The summed E-state index contributed by atoms with van der Waals surface area (Å²) in [7, 11) is 0. The summed E-state index contributed by atoms with van der Waals surface area (Å²) >= 11 is 0. The van der Waals surface area contributed by atoms with E-state index in [1.54, 1.807) is 30.5 Å². The second-order valence-corrected chi connectivity index (χ2v) is 6.05. The summed E-state index contributed by atoms with van der Waals surface area (Å²) < 4.78 is 0. The molecule has 0 bridgehead atoms. The SMILES string of the molecule is O=C1C(C=Nc2ccccc2N=Cc2ccccc2)=C(O)c2ccccc21. The summed E-state index contributed by atoms with van der Waals surface area (Å²) in [5.74, 6) is -0.262. The highest BCUT2D eigenvalue weighted by Gasteiger charge is 2.27. The predicted octanol–water partition coefficient (Wildman–Crippen LogP) is 5.31. The van der Waals surface area contributed by atoms with Gasteiger partial charge in [0.1, 0.15) is 5.76 Å². The molecule has 130 valence electrons. The summed E-state index contributed by atoms with van der Waals surface area (Å²) in [6.07, 6.45) is 3.18. The standard InChI is InChI=1S/C23H16N2O2/c26-22-17-10-4-5-11-18(17)23(27)19(22)15-25-21-13-7-6-12-20(21)24-14-16-8-2-1-3-9-16/h1-15,26H. The topological polar surface area (TPSA) is 62.0 Å². The quantitative estimate of drug-likeness (QED) is 0.647. The Hall–Kier alpha value is -3.79. The van der Waals surface area contributed by atoms with Gasteiger partial charge in [-0.05, 0) is 17.7 Å². The summed E-state index contributed by atoms with van der Waals surface area (Å²) in [5, 5.41) is 10.3. The first-order valence-electron chi connectivity index (χ1n) is 8.53. The van der Waals surface area contributed by atoms with E-state index in [-0.39, 0.29) is 17.1 Å². The van der Waals surface area contributed by atoms with Gasteiger partial charge in [0.25, 0.3) is 0 Å². The van der Waals surface area contributed by atoms with Gasteiger partial charge in [0, 0.05) is 23.6 Å². The average molecular weight is 352 g/mol. The van der Waals surface area contributed by atoms with Gasteiger partial charge < -0.3 is 5.11 Å². The molecule has 27 heavy (non-hydrogen) atoms. The number of aliphatic hydroxyl groups is 1. The number of benzene rings is 3. The maximum atomic E-state index is 12.5. The van der Waals surface area contributed by atoms with E-state index in [0.29, 0.717) is 22.5 Å². The maximum absolute atomic E-state index is 12.5. The molecular weight excluding hydrogens is 336 g/mol. The number of nitrogens with zero attached hydrogens (tertiary/aromatic N) is 2. The number of aliphatic imine (C=N–C) groups is 2. The maximum Gasteiger partial charge on any atom is 0.199 e. The first-order chi connectivity index (χ1) is 13.2. The van der Waals surface area contributed by atoms with Crippen LogP contribution in [-0.2, 0) is 0 Å². The van der Waals surface area contributed by atoms with Gasteiger partial charge in [-0.15, -0.1) is 0 Å². The van der Waals surface area contributed by atoms with Gasteiger partial charge in [0.15, 0.2) is 5.78 Å². The van der Waals surface area contributed by atoms with Gasteiger partial charge in [0.05, 0.1) is 16.9 Å². The van der Waals surface area contributed by atoms with Crippen molar-refractivity contribution < 1.29 is 9.90 Å². The van der Waals surface area contributed by atoms with Crippen LogP contribution in [0.1, 0.15) is 21.5 Å². The van der Waals surface area contributed by atoms with Gasteiger partial charge in [0.2, 0.25) is 0 Å². The molecule has 4 heteroatoms. The number of hydrogen-bond donors (Lipinski definition) is 1. The van der Waals surface area contributed by atoms with E-state index >= 15 is 0 Å². The first-order valence-corrected chi connectivity index (χ1v) is 8.53. The number of allylic oxidation sites excluding steroid dienone is 1. The Labute approximate surface area is 156 Å². The van der Waals surface area contributed by atoms with Gasteiger partial charge in [-0.3, -0.25) is 14.8 Å². The molecule has 0 heterocycles. The Morgan fingerprint density at radius 2 is 1.22 bits per heavy atom. The fourth-order valence-corrected chi connectivity index (χ4v) is 2.90. The van der Waals surface area contributed by atoms with Crippen LogP contribution in [0.4, 0.5) is 11.4 Å². The third-order valence-corrected chi connectivity index (χ3v) is 4.29. The van der Waals surface area contributed by atoms with Crippen molar-refractivity contribution in [1.82, 2.24) is 0 Å². The minimum absolute atomic E-state index is 0.0374. The van der Waals surface area contributed by atoms with E-state index in [9.17, 15) is 9.90 Å². The van der Waals surface area contributed by atoms with Crippen LogP contribution in [0, 0.1) is 0 Å². The minimum Gasteiger partial charge on any atom is -0.506 e. The highest BCUT2D eigenvalue weighted by Crippen LogP contribution is 2.31. The zero-order valence-electron chi connectivity index (χ0n) is 14.4. The fourth-order valence-electron chi connectivity index (χ4n) is 2.90. The summed E-state index contributed by atoms with van der Waals surface area (Å²) in [6, 6.07) is 24.2. The lowest BCUT2D eigenvalue weighted by atomic mass is 10.1. The van der Waals surface area contributed by atoms with Crippen LogP contribution in [-0.4, -0.2) is 23.3 Å². The molecule has 0 amide bonds. The molecule has 0 atom stereocenters. The monoisotopic (exact) mass is 352 g/mol. The smallest absolute Gasteiger partial charge is 0.199 e. The molecule has 3 aromatic carbocycles. The molecule has 0 aliphatic heterocycles. The van der Waals surface area contributed by atoms with Crippen molar-refractivity contribution in [3.8, 4) is 0 Å². The second-order valence-electron chi connectivity index (χ2n) is 6.05. The zero-order chi connectivity index (χ0) is 18.6. The Bertz CT molecular complexity index is 1100. The lowest BCUT2D eigenvalue weighted by Crippen LogP contribution is -1.99. The van der Waals surface area contributed by atoms with E-state index in [2.05, 4.69) is 9.98 Å². The predicted molar refractivity (Wildman–Crippen MR) is 109 cm³/mol. The molecule has 0 aromatic heterocycles. The molecule has 0 radical (unpaired) electrons. The van der Waals surface area contributed by atoms with E-state index in [4.69, 9.17) is 0 Å². The molecule has 0 saturated heterocycles. The van der Waals surface area contributed by atoms with Crippen molar-refractivity contribution in [3.63, 3.8) is 0 Å². The summed E-state index contributed by atoms with van der Waals surface area (Å²) in [6.45, 7) is 0. The number of aliphatic hydroxyl groups excluding tert-OH is 1. The zero-order valence-corrected chi connectivity index (χ0v) is 14.4. The summed E-state index contributed by atoms with van der Waals surface area (Å²) in [4.78, 5) is 21.4. The Morgan fingerprint density at radius 1 is 0.667 bits per heavy atom. The average Bonchev–Trinajstić information content (AvgIpc) is 2.97. The third kappa shape index (κ3) is 3.33. The van der Waals surface area contributed by atoms with Crippen LogP contribution < -0.4 is 0 Å². The molecule has 3 aromatic rings. The van der Waals surface area contributed by atoms with Gasteiger partial charge >= 0.3 is 0 Å². The molecule has 0 spiro atoms. The van der Waals surface area contributed by atoms with Gasteiger partial charge in [-0.2, -0.15) is 0 Å². The van der Waals surface area contributed by atoms with Crippen molar-refractivity contribution in [2.75, 3.05) is 0 Å². The molecule has 4 rings (SSSR count). The molecule has 0 saturated carbocycles. The number of carbonyl (C=O) groups excluding carboxylic acids is 1. The first kappa shape index (κ1) is 16.7.